The molecule has 1 saturated heterocycles. The molecule has 0 bridgehead atoms. The molecule has 1 fully saturated rings. The number of benzene rings is 1. The lowest BCUT2D eigenvalue weighted by Gasteiger charge is -2.29. The van der Waals surface area contributed by atoms with Gasteiger partial charge < -0.3 is 15.2 Å². The molecule has 0 aromatic heterocycles. The quantitative estimate of drug-likeness (QED) is 0.863. The predicted octanol–water partition coefficient (Wildman–Crippen LogP) is 2.14. The molecule has 2 rings (SSSR count). The highest BCUT2D eigenvalue weighted by molar-refractivity contribution is 6.32. The van der Waals surface area contributed by atoms with Gasteiger partial charge in [0, 0.05) is 12.6 Å². The molecule has 0 radical (unpaired) electrons. The maximum Gasteiger partial charge on any atom is 0.138 e. The Morgan fingerprint density at radius 2 is 2.31 bits per heavy atom. The van der Waals surface area contributed by atoms with E-state index in [9.17, 15) is 0 Å². The van der Waals surface area contributed by atoms with Gasteiger partial charge in [-0.05, 0) is 31.0 Å². The van der Waals surface area contributed by atoms with Gasteiger partial charge in [-0.15, -0.1) is 0 Å². The van der Waals surface area contributed by atoms with Gasteiger partial charge in [0.2, 0.25) is 0 Å². The Kier molecular flexibility index (Phi) is 3.69. The van der Waals surface area contributed by atoms with Crippen molar-refractivity contribution in [2.24, 2.45) is 5.73 Å². The summed E-state index contributed by atoms with van der Waals surface area (Å²) in [5.74, 6) is 0.679. The molecule has 0 aliphatic carbocycles. The largest absolute Gasteiger partial charge is 0.485 e. The van der Waals surface area contributed by atoms with Gasteiger partial charge in [-0.25, -0.2) is 0 Å². The first-order chi connectivity index (χ1) is 7.66. The van der Waals surface area contributed by atoms with Gasteiger partial charge in [-0.2, -0.15) is 0 Å². The van der Waals surface area contributed by atoms with Gasteiger partial charge in [0.25, 0.3) is 0 Å². The van der Waals surface area contributed by atoms with Crippen LogP contribution in [0.5, 0.6) is 5.75 Å². The van der Waals surface area contributed by atoms with E-state index in [0.717, 1.165) is 12.0 Å². The number of aryl methyl sites for hydroxylation is 1. The molecule has 0 amide bonds. The molecule has 2 unspecified atom stereocenters. The minimum atomic E-state index is -0.103. The minimum absolute atomic E-state index is 0.0196. The second-order valence-electron chi connectivity index (χ2n) is 4.12. The van der Waals surface area contributed by atoms with Crippen LogP contribution in [-0.2, 0) is 4.74 Å². The van der Waals surface area contributed by atoms with Crippen LogP contribution >= 0.6 is 11.6 Å². The van der Waals surface area contributed by atoms with Crippen LogP contribution in [0.1, 0.15) is 12.0 Å². The van der Waals surface area contributed by atoms with Crippen LogP contribution in [-0.4, -0.2) is 25.4 Å². The van der Waals surface area contributed by atoms with Crippen LogP contribution in [0.4, 0.5) is 0 Å². The standard InChI is InChI=1S/C12H16ClNO2/c1-8-2-3-11(9(13)6-8)16-12-7-15-5-4-10(12)14/h2-3,6,10,12H,4-5,7,14H2,1H3. The van der Waals surface area contributed by atoms with Crippen molar-refractivity contribution < 1.29 is 9.47 Å². The summed E-state index contributed by atoms with van der Waals surface area (Å²) in [6.45, 7) is 3.24. The number of rotatable bonds is 2. The van der Waals surface area contributed by atoms with Crippen LogP contribution in [0, 0.1) is 6.92 Å². The molecule has 1 heterocycles. The Morgan fingerprint density at radius 1 is 1.50 bits per heavy atom. The summed E-state index contributed by atoms with van der Waals surface area (Å²) in [6, 6.07) is 5.74. The smallest absolute Gasteiger partial charge is 0.138 e. The van der Waals surface area contributed by atoms with E-state index in [-0.39, 0.29) is 12.1 Å². The Balaban J connectivity index is 2.07. The zero-order chi connectivity index (χ0) is 11.5. The van der Waals surface area contributed by atoms with E-state index in [1.54, 1.807) is 0 Å². The SMILES string of the molecule is Cc1ccc(OC2COCCC2N)c(Cl)c1. The van der Waals surface area contributed by atoms with Crippen molar-refractivity contribution >= 4 is 11.6 Å². The Labute approximate surface area is 100 Å². The van der Waals surface area contributed by atoms with Crippen LogP contribution < -0.4 is 10.5 Å². The summed E-state index contributed by atoms with van der Waals surface area (Å²) in [5, 5.41) is 0.623. The van der Waals surface area contributed by atoms with Crippen molar-refractivity contribution in [2.45, 2.75) is 25.5 Å². The fourth-order valence-electron chi connectivity index (χ4n) is 1.71. The third-order valence-corrected chi connectivity index (χ3v) is 3.02. The van der Waals surface area contributed by atoms with E-state index >= 15 is 0 Å². The molecule has 0 saturated carbocycles. The number of hydrogen-bond acceptors (Lipinski definition) is 3. The molecule has 0 spiro atoms. The summed E-state index contributed by atoms with van der Waals surface area (Å²) in [4.78, 5) is 0. The fraction of sp³-hybridized carbons (Fsp3) is 0.500. The molecule has 1 aliphatic rings. The van der Waals surface area contributed by atoms with Crippen LogP contribution in [0.15, 0.2) is 18.2 Å². The summed E-state index contributed by atoms with van der Waals surface area (Å²) in [6.07, 6.45) is 0.725. The van der Waals surface area contributed by atoms with Crippen molar-refractivity contribution in [3.8, 4) is 5.75 Å². The third-order valence-electron chi connectivity index (χ3n) is 2.72. The van der Waals surface area contributed by atoms with E-state index in [4.69, 9.17) is 26.8 Å². The highest BCUT2D eigenvalue weighted by Crippen LogP contribution is 2.27. The van der Waals surface area contributed by atoms with Crippen molar-refractivity contribution in [3.63, 3.8) is 0 Å². The molecule has 2 atom stereocenters. The molecule has 1 aromatic rings. The van der Waals surface area contributed by atoms with Crippen molar-refractivity contribution in [1.82, 2.24) is 0 Å². The molecule has 4 heteroatoms. The lowest BCUT2D eigenvalue weighted by atomic mass is 10.1. The fourth-order valence-corrected chi connectivity index (χ4v) is 1.99. The van der Waals surface area contributed by atoms with Gasteiger partial charge in [0.15, 0.2) is 0 Å². The molecular weight excluding hydrogens is 226 g/mol. The average molecular weight is 242 g/mol. The third kappa shape index (κ3) is 2.67. The molecular formula is C12H16ClNO2. The van der Waals surface area contributed by atoms with E-state index in [1.807, 2.05) is 25.1 Å². The number of nitrogens with two attached hydrogens (primary N) is 1. The summed E-state index contributed by atoms with van der Waals surface area (Å²) < 4.78 is 11.1. The average Bonchev–Trinajstić information content (AvgIpc) is 2.25. The molecule has 16 heavy (non-hydrogen) atoms. The maximum atomic E-state index is 6.09. The molecule has 2 N–H and O–H groups in total. The molecule has 1 aromatic carbocycles. The highest BCUT2D eigenvalue weighted by Gasteiger charge is 2.24. The Morgan fingerprint density at radius 3 is 3.00 bits per heavy atom. The second-order valence-corrected chi connectivity index (χ2v) is 4.52. The monoisotopic (exact) mass is 241 g/mol. The lowest BCUT2D eigenvalue weighted by molar-refractivity contribution is -0.00527. The zero-order valence-electron chi connectivity index (χ0n) is 9.28. The van der Waals surface area contributed by atoms with E-state index in [0.29, 0.717) is 24.0 Å². The summed E-state index contributed by atoms with van der Waals surface area (Å²) in [7, 11) is 0. The van der Waals surface area contributed by atoms with E-state index in [1.165, 1.54) is 0 Å². The van der Waals surface area contributed by atoms with Gasteiger partial charge in [-0.3, -0.25) is 0 Å². The maximum absolute atomic E-state index is 6.09. The van der Waals surface area contributed by atoms with Gasteiger partial charge >= 0.3 is 0 Å². The van der Waals surface area contributed by atoms with Crippen LogP contribution in [0.25, 0.3) is 0 Å². The summed E-state index contributed by atoms with van der Waals surface area (Å²) in [5.41, 5.74) is 7.07. The minimum Gasteiger partial charge on any atom is -0.485 e. The zero-order valence-corrected chi connectivity index (χ0v) is 10.0. The molecule has 88 valence electrons. The molecule has 1 aliphatic heterocycles. The topological polar surface area (TPSA) is 44.5 Å². The van der Waals surface area contributed by atoms with E-state index in [2.05, 4.69) is 0 Å². The van der Waals surface area contributed by atoms with Crippen LogP contribution in [0.2, 0.25) is 5.02 Å². The first kappa shape index (κ1) is 11.7. The number of hydrogen-bond donors (Lipinski definition) is 1. The molecule has 3 nitrogen and oxygen atoms in total. The highest BCUT2D eigenvalue weighted by atomic mass is 35.5. The first-order valence-corrected chi connectivity index (χ1v) is 5.81. The number of ether oxygens (including phenoxy) is 2. The van der Waals surface area contributed by atoms with Crippen LogP contribution in [0.3, 0.4) is 0 Å². The van der Waals surface area contributed by atoms with Gasteiger partial charge in [0.1, 0.15) is 11.9 Å². The van der Waals surface area contributed by atoms with Gasteiger partial charge in [0.05, 0.1) is 11.6 Å². The van der Waals surface area contributed by atoms with Crippen molar-refractivity contribution in [3.05, 3.63) is 28.8 Å². The lowest BCUT2D eigenvalue weighted by Crippen LogP contribution is -2.46. The number of halogens is 1. The van der Waals surface area contributed by atoms with Gasteiger partial charge in [-0.1, -0.05) is 17.7 Å². The predicted molar refractivity (Wildman–Crippen MR) is 64.0 cm³/mol. The van der Waals surface area contributed by atoms with Crippen molar-refractivity contribution in [2.75, 3.05) is 13.2 Å². The summed E-state index contributed by atoms with van der Waals surface area (Å²) >= 11 is 6.09. The Bertz CT molecular complexity index is 370. The van der Waals surface area contributed by atoms with Crippen molar-refractivity contribution in [1.29, 1.82) is 0 Å². The second kappa shape index (κ2) is 5.04. The van der Waals surface area contributed by atoms with E-state index < -0.39 is 0 Å². The Hall–Kier alpha value is -0.770. The normalized spacial score (nSPS) is 25.4. The first-order valence-electron chi connectivity index (χ1n) is 5.43.